The maximum atomic E-state index is 13.0. The van der Waals surface area contributed by atoms with E-state index in [1.807, 2.05) is 20.8 Å². The summed E-state index contributed by atoms with van der Waals surface area (Å²) in [5, 5.41) is 11.7. The van der Waals surface area contributed by atoms with Gasteiger partial charge in [0.1, 0.15) is 30.3 Å². The van der Waals surface area contributed by atoms with Gasteiger partial charge in [-0.05, 0) is 71.4 Å². The van der Waals surface area contributed by atoms with E-state index in [1.54, 1.807) is 19.1 Å². The van der Waals surface area contributed by atoms with E-state index in [4.69, 9.17) is 23.0 Å². The molecule has 2 aromatic heterocycles. The number of aliphatic hydroxyl groups is 1. The summed E-state index contributed by atoms with van der Waals surface area (Å²) in [5.41, 5.74) is -3.19. The molecule has 1 spiro atoms. The van der Waals surface area contributed by atoms with E-state index in [-0.39, 0.29) is 5.92 Å². The highest BCUT2D eigenvalue weighted by atomic mass is 16.6. The Hall–Kier alpha value is -2.58. The van der Waals surface area contributed by atoms with Crippen LogP contribution in [0.1, 0.15) is 74.1 Å². The molecule has 1 N–H and O–H groups in total. The van der Waals surface area contributed by atoms with E-state index in [0.29, 0.717) is 36.8 Å². The van der Waals surface area contributed by atoms with Crippen molar-refractivity contribution in [1.82, 2.24) is 0 Å². The summed E-state index contributed by atoms with van der Waals surface area (Å²) in [5.74, 6) is -0.983. The van der Waals surface area contributed by atoms with Gasteiger partial charge in [0.05, 0.1) is 40.3 Å². The largest absolute Gasteiger partial charge is 0.472 e. The van der Waals surface area contributed by atoms with Crippen molar-refractivity contribution in [2.45, 2.75) is 82.4 Å². The lowest BCUT2D eigenvalue weighted by atomic mass is 9.49. The van der Waals surface area contributed by atoms with Crippen LogP contribution < -0.4 is 0 Å². The molecule has 178 valence electrons. The van der Waals surface area contributed by atoms with Crippen molar-refractivity contribution in [3.8, 4) is 0 Å². The maximum Gasteiger partial charge on any atom is 0.341 e. The zero-order chi connectivity index (χ0) is 23.6. The fourth-order valence-corrected chi connectivity index (χ4v) is 6.43. The highest BCUT2D eigenvalue weighted by Gasteiger charge is 2.77. The van der Waals surface area contributed by atoms with E-state index in [1.165, 1.54) is 25.1 Å². The topological polar surface area (TPSA) is 108 Å². The average molecular weight is 459 g/mol. The summed E-state index contributed by atoms with van der Waals surface area (Å²) in [4.78, 5) is 25.8. The minimum absolute atomic E-state index is 0.0579. The molecule has 1 saturated heterocycles. The van der Waals surface area contributed by atoms with Crippen LogP contribution in [0.5, 0.6) is 0 Å². The minimum Gasteiger partial charge on any atom is -0.472 e. The standard InChI is InChI=1S/C25H30O8/c1-22(2)17-11-19(32-21(27)16-7-10-30-14-16)24(4)18(31-20(26)15-6-9-29-13-15)5-8-23(3,28)25(24,12-17)33-22/h6-7,9-10,13-14,17-19,28H,5,8,11-12H2,1-4H3/t17-,18+,19+,23-,24+,25+/m1/s1. The van der Waals surface area contributed by atoms with Gasteiger partial charge < -0.3 is 28.2 Å². The van der Waals surface area contributed by atoms with Crippen LogP contribution in [0.4, 0.5) is 0 Å². The van der Waals surface area contributed by atoms with Crippen LogP contribution in [-0.2, 0) is 14.2 Å². The van der Waals surface area contributed by atoms with Gasteiger partial charge in [-0.25, -0.2) is 9.59 Å². The molecule has 6 atom stereocenters. The lowest BCUT2D eigenvalue weighted by Gasteiger charge is -2.62. The van der Waals surface area contributed by atoms with Crippen molar-refractivity contribution < 1.29 is 37.7 Å². The summed E-state index contributed by atoms with van der Waals surface area (Å²) in [7, 11) is 0. The number of fused-ring (bicyclic) bond motifs is 1. The van der Waals surface area contributed by atoms with E-state index >= 15 is 0 Å². The first kappa shape index (κ1) is 22.2. The van der Waals surface area contributed by atoms with Crippen molar-refractivity contribution in [2.24, 2.45) is 11.3 Å². The molecule has 3 aliphatic rings. The van der Waals surface area contributed by atoms with Crippen LogP contribution in [0.25, 0.3) is 0 Å². The van der Waals surface area contributed by atoms with Gasteiger partial charge in [-0.3, -0.25) is 0 Å². The van der Waals surface area contributed by atoms with Crippen molar-refractivity contribution >= 4 is 11.9 Å². The van der Waals surface area contributed by atoms with Crippen LogP contribution in [0.2, 0.25) is 0 Å². The lowest BCUT2D eigenvalue weighted by molar-refractivity contribution is -0.302. The van der Waals surface area contributed by atoms with E-state index < -0.39 is 46.4 Å². The summed E-state index contributed by atoms with van der Waals surface area (Å²) in [6.45, 7) is 7.70. The monoisotopic (exact) mass is 458 g/mol. The van der Waals surface area contributed by atoms with Gasteiger partial charge in [0, 0.05) is 0 Å². The van der Waals surface area contributed by atoms with E-state index in [9.17, 15) is 14.7 Å². The second kappa shape index (κ2) is 7.21. The SMILES string of the molecule is CC1(C)O[C@]23C[C@H]1C[C@H](OC(=O)c1ccoc1)[C@]2(C)[C@@H](OC(=O)c1ccoc1)CC[C@@]3(C)O. The molecule has 33 heavy (non-hydrogen) atoms. The van der Waals surface area contributed by atoms with E-state index in [0.717, 1.165) is 0 Å². The molecule has 0 radical (unpaired) electrons. The van der Waals surface area contributed by atoms with Gasteiger partial charge in [0.2, 0.25) is 0 Å². The van der Waals surface area contributed by atoms with Gasteiger partial charge in [-0.2, -0.15) is 0 Å². The molecule has 0 unspecified atom stereocenters. The van der Waals surface area contributed by atoms with Crippen LogP contribution in [0, 0.1) is 11.3 Å². The second-order valence-corrected chi connectivity index (χ2v) is 10.6. The molecule has 8 heteroatoms. The summed E-state index contributed by atoms with van der Waals surface area (Å²) < 4.78 is 28.9. The van der Waals surface area contributed by atoms with Crippen LogP contribution in [0.15, 0.2) is 46.0 Å². The normalized spacial score (nSPS) is 39.0. The average Bonchev–Trinajstić information content (AvgIpc) is 3.49. The summed E-state index contributed by atoms with van der Waals surface area (Å²) in [6, 6.07) is 3.09. The number of carbonyl (C=O) groups excluding carboxylic acids is 2. The van der Waals surface area contributed by atoms with Crippen molar-refractivity contribution in [3.63, 3.8) is 0 Å². The number of ether oxygens (including phenoxy) is 3. The molecule has 2 aromatic rings. The predicted molar refractivity (Wildman–Crippen MR) is 114 cm³/mol. The zero-order valence-electron chi connectivity index (χ0n) is 19.3. The van der Waals surface area contributed by atoms with Crippen LogP contribution >= 0.6 is 0 Å². The van der Waals surface area contributed by atoms with Crippen molar-refractivity contribution in [3.05, 3.63) is 48.3 Å². The Morgan fingerprint density at radius 2 is 1.55 bits per heavy atom. The molecule has 0 amide bonds. The molecular formula is C25H30O8. The Kier molecular flexibility index (Phi) is 4.85. The molecular weight excluding hydrogens is 428 g/mol. The van der Waals surface area contributed by atoms with Crippen LogP contribution in [-0.4, -0.2) is 46.1 Å². The molecule has 2 saturated carbocycles. The van der Waals surface area contributed by atoms with Crippen molar-refractivity contribution in [2.75, 3.05) is 0 Å². The fraction of sp³-hybridized carbons (Fsp3) is 0.600. The first-order valence-electron chi connectivity index (χ1n) is 11.4. The third kappa shape index (κ3) is 3.10. The zero-order valence-corrected chi connectivity index (χ0v) is 19.3. The highest BCUT2D eigenvalue weighted by Crippen LogP contribution is 2.67. The first-order valence-corrected chi connectivity index (χ1v) is 11.4. The third-order valence-corrected chi connectivity index (χ3v) is 8.44. The van der Waals surface area contributed by atoms with Gasteiger partial charge >= 0.3 is 11.9 Å². The highest BCUT2D eigenvalue weighted by molar-refractivity contribution is 5.89. The number of carbonyl (C=O) groups is 2. The number of furan rings is 2. The van der Waals surface area contributed by atoms with Crippen molar-refractivity contribution in [1.29, 1.82) is 0 Å². The molecule has 3 fully saturated rings. The Balaban J connectivity index is 1.57. The van der Waals surface area contributed by atoms with Gasteiger partial charge in [0.15, 0.2) is 0 Å². The Labute approximate surface area is 192 Å². The van der Waals surface area contributed by atoms with Gasteiger partial charge in [-0.1, -0.05) is 0 Å². The van der Waals surface area contributed by atoms with Crippen LogP contribution in [0.3, 0.4) is 0 Å². The first-order chi connectivity index (χ1) is 15.5. The Bertz CT molecular complexity index is 1040. The number of rotatable bonds is 4. The number of hydrogen-bond acceptors (Lipinski definition) is 8. The summed E-state index contributed by atoms with van der Waals surface area (Å²) in [6.07, 6.45) is 6.12. The molecule has 3 heterocycles. The molecule has 5 rings (SSSR count). The molecule has 0 aromatic carbocycles. The Morgan fingerprint density at radius 1 is 0.970 bits per heavy atom. The number of hydrogen-bond donors (Lipinski definition) is 1. The Morgan fingerprint density at radius 3 is 2.09 bits per heavy atom. The maximum absolute atomic E-state index is 13.0. The third-order valence-electron chi connectivity index (χ3n) is 8.44. The smallest absolute Gasteiger partial charge is 0.341 e. The quantitative estimate of drug-likeness (QED) is 0.682. The lowest BCUT2D eigenvalue weighted by Crippen LogP contribution is -2.74. The molecule has 2 aliphatic carbocycles. The number of esters is 2. The fourth-order valence-electron chi connectivity index (χ4n) is 6.43. The van der Waals surface area contributed by atoms with Gasteiger partial charge in [-0.15, -0.1) is 0 Å². The minimum atomic E-state index is -1.20. The van der Waals surface area contributed by atoms with E-state index in [2.05, 4.69) is 0 Å². The predicted octanol–water partition coefficient (Wildman–Crippen LogP) is 4.13. The summed E-state index contributed by atoms with van der Waals surface area (Å²) >= 11 is 0. The molecule has 1 aliphatic heterocycles. The van der Waals surface area contributed by atoms with Gasteiger partial charge in [0.25, 0.3) is 0 Å². The molecule has 8 nitrogen and oxygen atoms in total. The molecule has 2 bridgehead atoms. The second-order valence-electron chi connectivity index (χ2n) is 10.6.